The van der Waals surface area contributed by atoms with Gasteiger partial charge in [0.15, 0.2) is 0 Å². The van der Waals surface area contributed by atoms with E-state index in [2.05, 4.69) is 37.2 Å². The fourth-order valence-electron chi connectivity index (χ4n) is 3.83. The van der Waals surface area contributed by atoms with Crippen molar-refractivity contribution in [2.75, 3.05) is 13.1 Å². The Kier molecular flexibility index (Phi) is 3.95. The van der Waals surface area contributed by atoms with E-state index in [0.717, 1.165) is 31.7 Å². The molecule has 4 rings (SSSR count). The number of carbonyl (C=O) groups is 1. The predicted molar refractivity (Wildman–Crippen MR) is 90.1 cm³/mol. The molecular formula is C17H22N4OS. The minimum atomic E-state index is 0.209. The van der Waals surface area contributed by atoms with Crippen molar-refractivity contribution in [1.29, 1.82) is 0 Å². The number of H-pyrrole nitrogens is 1. The molecule has 2 N–H and O–H groups in total. The van der Waals surface area contributed by atoms with E-state index in [4.69, 9.17) is 0 Å². The van der Waals surface area contributed by atoms with Crippen LogP contribution in [0.3, 0.4) is 0 Å². The van der Waals surface area contributed by atoms with Gasteiger partial charge in [-0.15, -0.1) is 0 Å². The first-order valence-electron chi connectivity index (χ1n) is 8.26. The maximum atomic E-state index is 12.9. The molecule has 1 amide bonds. The number of nitrogens with one attached hydrogen (secondary N) is 2. The number of aromatic amines is 1. The quantitative estimate of drug-likeness (QED) is 0.883. The molecule has 1 aliphatic heterocycles. The fraction of sp³-hybridized carbons (Fsp3) is 0.529. The van der Waals surface area contributed by atoms with Gasteiger partial charge in [0.1, 0.15) is 0 Å². The number of piperidine rings is 1. The van der Waals surface area contributed by atoms with Gasteiger partial charge in [0.2, 0.25) is 5.91 Å². The second-order valence-corrected chi connectivity index (χ2v) is 7.52. The lowest BCUT2D eigenvalue weighted by molar-refractivity contribution is -0.132. The van der Waals surface area contributed by atoms with Crippen LogP contribution in [0.25, 0.3) is 0 Å². The molecule has 1 saturated heterocycles. The van der Waals surface area contributed by atoms with Crippen molar-refractivity contribution in [3.05, 3.63) is 40.3 Å². The van der Waals surface area contributed by atoms with Gasteiger partial charge >= 0.3 is 0 Å². The average Bonchev–Trinajstić information content (AvgIpc) is 2.99. The van der Waals surface area contributed by atoms with Gasteiger partial charge in [-0.05, 0) is 66.2 Å². The third-order valence-corrected chi connectivity index (χ3v) is 6.01. The summed E-state index contributed by atoms with van der Waals surface area (Å²) in [5.74, 6) is 0.209. The maximum absolute atomic E-state index is 12.9. The number of hydrogen-bond acceptors (Lipinski definition) is 4. The lowest BCUT2D eigenvalue weighted by atomic mass is 9.93. The lowest BCUT2D eigenvalue weighted by Crippen LogP contribution is -2.39. The van der Waals surface area contributed by atoms with Crippen molar-refractivity contribution in [2.24, 2.45) is 5.41 Å². The Morgan fingerprint density at radius 3 is 2.96 bits per heavy atom. The van der Waals surface area contributed by atoms with E-state index in [0.29, 0.717) is 17.9 Å². The molecule has 122 valence electrons. The van der Waals surface area contributed by atoms with E-state index in [-0.39, 0.29) is 5.91 Å². The number of hydrogen-bond donors (Lipinski definition) is 2. The number of aromatic nitrogens is 2. The van der Waals surface area contributed by atoms with Crippen LogP contribution in [-0.2, 0) is 17.8 Å². The minimum absolute atomic E-state index is 0.209. The third kappa shape index (κ3) is 3.05. The van der Waals surface area contributed by atoms with Gasteiger partial charge in [0.05, 0.1) is 6.42 Å². The first kappa shape index (κ1) is 14.9. The van der Waals surface area contributed by atoms with Crippen LogP contribution in [0.2, 0.25) is 0 Å². The summed E-state index contributed by atoms with van der Waals surface area (Å²) < 4.78 is 0. The highest BCUT2D eigenvalue weighted by Crippen LogP contribution is 2.56. The Hall–Kier alpha value is -1.66. The summed E-state index contributed by atoms with van der Waals surface area (Å²) in [6.45, 7) is 2.89. The summed E-state index contributed by atoms with van der Waals surface area (Å²) in [5.41, 5.74) is 2.50. The van der Waals surface area contributed by atoms with Crippen LogP contribution in [-0.4, -0.2) is 40.1 Å². The summed E-state index contributed by atoms with van der Waals surface area (Å²) in [7, 11) is 0. The molecular weight excluding hydrogens is 308 g/mol. The SMILES string of the molecule is O=C(Cc1ccn[nH]1)N(Cc1ccsc1)[C@@H]1CC12CCNCC2. The molecule has 2 aliphatic rings. The Morgan fingerprint density at radius 1 is 1.39 bits per heavy atom. The van der Waals surface area contributed by atoms with Gasteiger partial charge < -0.3 is 10.2 Å². The van der Waals surface area contributed by atoms with E-state index < -0.39 is 0 Å². The van der Waals surface area contributed by atoms with Crippen molar-refractivity contribution in [3.8, 4) is 0 Å². The highest BCUT2D eigenvalue weighted by molar-refractivity contribution is 7.07. The van der Waals surface area contributed by atoms with E-state index in [1.165, 1.54) is 18.4 Å². The zero-order valence-electron chi connectivity index (χ0n) is 13.1. The van der Waals surface area contributed by atoms with Crippen molar-refractivity contribution >= 4 is 17.2 Å². The van der Waals surface area contributed by atoms with Crippen molar-refractivity contribution in [2.45, 2.75) is 38.3 Å². The second-order valence-electron chi connectivity index (χ2n) is 6.74. The first-order chi connectivity index (χ1) is 11.3. The summed E-state index contributed by atoms with van der Waals surface area (Å²) in [6, 6.07) is 4.41. The highest BCUT2D eigenvalue weighted by Gasteiger charge is 2.57. The number of carbonyl (C=O) groups excluding carboxylic acids is 1. The van der Waals surface area contributed by atoms with Gasteiger partial charge in [0, 0.05) is 24.5 Å². The van der Waals surface area contributed by atoms with Gasteiger partial charge in [-0.2, -0.15) is 16.4 Å². The van der Waals surface area contributed by atoms with Crippen LogP contribution in [0.1, 0.15) is 30.5 Å². The molecule has 3 heterocycles. The van der Waals surface area contributed by atoms with Gasteiger partial charge in [-0.1, -0.05) is 0 Å². The van der Waals surface area contributed by atoms with Crippen LogP contribution in [0.4, 0.5) is 0 Å². The fourth-order valence-corrected chi connectivity index (χ4v) is 4.49. The standard InChI is InChI=1S/C17H22N4OS/c22-16(9-14-1-5-19-20-14)21(11-13-2-8-23-12-13)15-10-17(15)3-6-18-7-4-17/h1-2,5,8,12,15,18H,3-4,6-7,9-11H2,(H,19,20)/t15-/m1/s1. The molecule has 6 heteroatoms. The Labute approximate surface area is 140 Å². The zero-order chi connectivity index (χ0) is 15.7. The molecule has 0 unspecified atom stereocenters. The largest absolute Gasteiger partial charge is 0.334 e. The van der Waals surface area contributed by atoms with Crippen LogP contribution in [0.15, 0.2) is 29.1 Å². The molecule has 1 spiro atoms. The molecule has 23 heavy (non-hydrogen) atoms. The monoisotopic (exact) mass is 330 g/mol. The summed E-state index contributed by atoms with van der Waals surface area (Å²) >= 11 is 1.69. The topological polar surface area (TPSA) is 61.0 Å². The van der Waals surface area contributed by atoms with Crippen molar-refractivity contribution < 1.29 is 4.79 Å². The number of nitrogens with zero attached hydrogens (tertiary/aromatic N) is 2. The van der Waals surface area contributed by atoms with E-state index in [9.17, 15) is 4.79 Å². The smallest absolute Gasteiger partial charge is 0.229 e. The van der Waals surface area contributed by atoms with Gasteiger partial charge in [-0.25, -0.2) is 0 Å². The van der Waals surface area contributed by atoms with Crippen molar-refractivity contribution in [3.63, 3.8) is 0 Å². The maximum Gasteiger partial charge on any atom is 0.229 e. The van der Waals surface area contributed by atoms with Crippen LogP contribution >= 0.6 is 11.3 Å². The number of amides is 1. The molecule has 2 aromatic heterocycles. The van der Waals surface area contributed by atoms with E-state index >= 15 is 0 Å². The summed E-state index contributed by atoms with van der Waals surface area (Å²) in [6.07, 6.45) is 5.66. The van der Waals surface area contributed by atoms with Crippen LogP contribution in [0, 0.1) is 5.41 Å². The molecule has 0 radical (unpaired) electrons. The second kappa shape index (κ2) is 6.09. The van der Waals surface area contributed by atoms with Crippen LogP contribution < -0.4 is 5.32 Å². The highest BCUT2D eigenvalue weighted by atomic mass is 32.1. The molecule has 2 aromatic rings. The summed E-state index contributed by atoms with van der Waals surface area (Å²) in [5, 5.41) is 14.5. The Morgan fingerprint density at radius 2 is 2.26 bits per heavy atom. The lowest BCUT2D eigenvalue weighted by Gasteiger charge is -2.29. The molecule has 2 fully saturated rings. The Balaban J connectivity index is 1.51. The third-order valence-electron chi connectivity index (χ3n) is 5.28. The predicted octanol–water partition coefficient (Wildman–Crippen LogP) is 2.18. The average molecular weight is 330 g/mol. The molecule has 0 bridgehead atoms. The van der Waals surface area contributed by atoms with Gasteiger partial charge in [-0.3, -0.25) is 9.89 Å². The minimum Gasteiger partial charge on any atom is -0.334 e. The van der Waals surface area contributed by atoms with Gasteiger partial charge in [0.25, 0.3) is 0 Å². The number of thiophene rings is 1. The normalized spacial score (nSPS) is 22.2. The molecule has 0 aromatic carbocycles. The van der Waals surface area contributed by atoms with Crippen LogP contribution in [0.5, 0.6) is 0 Å². The molecule has 1 saturated carbocycles. The number of rotatable bonds is 5. The first-order valence-corrected chi connectivity index (χ1v) is 9.21. The Bertz CT molecular complexity index is 646. The molecule has 5 nitrogen and oxygen atoms in total. The zero-order valence-corrected chi connectivity index (χ0v) is 13.9. The van der Waals surface area contributed by atoms with E-state index in [1.807, 2.05) is 6.07 Å². The summed E-state index contributed by atoms with van der Waals surface area (Å²) in [4.78, 5) is 15.0. The van der Waals surface area contributed by atoms with Crippen molar-refractivity contribution in [1.82, 2.24) is 20.4 Å². The molecule has 1 aliphatic carbocycles. The van der Waals surface area contributed by atoms with E-state index in [1.54, 1.807) is 17.5 Å². The molecule has 1 atom stereocenters.